The van der Waals surface area contributed by atoms with E-state index in [0.717, 1.165) is 5.76 Å². The highest BCUT2D eigenvalue weighted by Gasteiger charge is 2.06. The first-order chi connectivity index (χ1) is 10.0. The Hall–Kier alpha value is -2.83. The first-order valence-electron chi connectivity index (χ1n) is 6.30. The molecule has 0 fully saturated rings. The molecule has 2 rings (SSSR count). The van der Waals surface area contributed by atoms with E-state index in [-0.39, 0.29) is 24.7 Å². The molecule has 21 heavy (non-hydrogen) atoms. The lowest BCUT2D eigenvalue weighted by Crippen LogP contribution is -2.34. The molecule has 0 atom stereocenters. The zero-order valence-corrected chi connectivity index (χ0v) is 11.4. The van der Waals surface area contributed by atoms with Gasteiger partial charge in [0.25, 0.3) is 0 Å². The van der Waals surface area contributed by atoms with Gasteiger partial charge in [-0.2, -0.15) is 0 Å². The van der Waals surface area contributed by atoms with Gasteiger partial charge in [0.2, 0.25) is 0 Å². The van der Waals surface area contributed by atoms with E-state index in [4.69, 9.17) is 9.52 Å². The monoisotopic (exact) mass is 289 g/mol. The number of carboxylic acids is 1. The topological polar surface area (TPSA) is 104 Å². The van der Waals surface area contributed by atoms with E-state index in [9.17, 15) is 9.59 Å². The standard InChI is InChI=1S/C14H15N3O4/c1-9-2-3-12(21-9)8-17-14(20)16-7-11-6-10(13(18)19)4-5-15-11/h2-6H,7-8H2,1H3,(H,18,19)(H2,16,17,20). The first-order valence-corrected chi connectivity index (χ1v) is 6.30. The number of carboxylic acid groups (broad SMARTS) is 1. The van der Waals surface area contributed by atoms with E-state index in [1.165, 1.54) is 18.3 Å². The number of aromatic carboxylic acids is 1. The number of urea groups is 1. The summed E-state index contributed by atoms with van der Waals surface area (Å²) in [5.41, 5.74) is 0.604. The molecule has 0 saturated carbocycles. The van der Waals surface area contributed by atoms with E-state index in [1.807, 2.05) is 13.0 Å². The SMILES string of the molecule is Cc1ccc(CNC(=O)NCc2cc(C(=O)O)ccn2)o1. The van der Waals surface area contributed by atoms with Gasteiger partial charge in [-0.05, 0) is 31.2 Å². The Kier molecular flexibility index (Phi) is 4.55. The fourth-order valence-corrected chi connectivity index (χ4v) is 1.69. The molecule has 2 heterocycles. The maximum absolute atomic E-state index is 11.6. The summed E-state index contributed by atoms with van der Waals surface area (Å²) in [7, 11) is 0. The highest BCUT2D eigenvalue weighted by Crippen LogP contribution is 2.05. The van der Waals surface area contributed by atoms with E-state index in [0.29, 0.717) is 11.5 Å². The van der Waals surface area contributed by atoms with E-state index in [2.05, 4.69) is 15.6 Å². The number of carbonyl (C=O) groups is 2. The van der Waals surface area contributed by atoms with Crippen LogP contribution in [-0.2, 0) is 13.1 Å². The number of rotatable bonds is 5. The minimum absolute atomic E-state index is 0.133. The molecule has 0 aliphatic carbocycles. The van der Waals surface area contributed by atoms with Crippen molar-refractivity contribution in [2.75, 3.05) is 0 Å². The van der Waals surface area contributed by atoms with Crippen LogP contribution in [0.4, 0.5) is 4.79 Å². The second kappa shape index (κ2) is 6.56. The van der Waals surface area contributed by atoms with Crippen LogP contribution in [0.5, 0.6) is 0 Å². The van der Waals surface area contributed by atoms with Gasteiger partial charge >= 0.3 is 12.0 Å². The van der Waals surface area contributed by atoms with Crippen LogP contribution in [0, 0.1) is 6.92 Å². The Morgan fingerprint density at radius 3 is 2.67 bits per heavy atom. The molecule has 0 saturated heterocycles. The van der Waals surface area contributed by atoms with Crippen LogP contribution in [0.3, 0.4) is 0 Å². The zero-order valence-electron chi connectivity index (χ0n) is 11.4. The van der Waals surface area contributed by atoms with Crippen molar-refractivity contribution >= 4 is 12.0 Å². The summed E-state index contributed by atoms with van der Waals surface area (Å²) < 4.78 is 5.32. The molecule has 2 aromatic rings. The predicted molar refractivity (Wildman–Crippen MR) is 73.7 cm³/mol. The fraction of sp³-hybridized carbons (Fsp3) is 0.214. The Bertz CT molecular complexity index is 651. The predicted octanol–water partition coefficient (Wildman–Crippen LogP) is 1.68. The lowest BCUT2D eigenvalue weighted by molar-refractivity contribution is 0.0696. The van der Waals surface area contributed by atoms with Gasteiger partial charge in [-0.1, -0.05) is 0 Å². The average Bonchev–Trinajstić information content (AvgIpc) is 2.89. The van der Waals surface area contributed by atoms with Gasteiger partial charge in [0.1, 0.15) is 11.5 Å². The van der Waals surface area contributed by atoms with E-state index < -0.39 is 5.97 Å². The summed E-state index contributed by atoms with van der Waals surface area (Å²) >= 11 is 0. The summed E-state index contributed by atoms with van der Waals surface area (Å²) in [4.78, 5) is 26.4. The molecule has 0 radical (unpaired) electrons. The second-order valence-corrected chi connectivity index (χ2v) is 4.39. The third kappa shape index (κ3) is 4.34. The molecule has 0 bridgehead atoms. The van der Waals surface area contributed by atoms with E-state index >= 15 is 0 Å². The molecular formula is C14H15N3O4. The summed E-state index contributed by atoms with van der Waals surface area (Å²) in [5, 5.41) is 14.1. The molecule has 0 aliphatic rings. The molecule has 7 heteroatoms. The minimum Gasteiger partial charge on any atom is -0.478 e. The molecule has 3 N–H and O–H groups in total. The Labute approximate surface area is 121 Å². The lowest BCUT2D eigenvalue weighted by Gasteiger charge is -2.06. The number of carbonyl (C=O) groups excluding carboxylic acids is 1. The molecule has 110 valence electrons. The molecular weight excluding hydrogens is 274 g/mol. The van der Waals surface area contributed by atoms with Crippen LogP contribution >= 0.6 is 0 Å². The van der Waals surface area contributed by atoms with Gasteiger partial charge in [0, 0.05) is 6.20 Å². The molecule has 0 unspecified atom stereocenters. The molecule has 7 nitrogen and oxygen atoms in total. The lowest BCUT2D eigenvalue weighted by atomic mass is 10.2. The van der Waals surface area contributed by atoms with Crippen LogP contribution < -0.4 is 10.6 Å². The van der Waals surface area contributed by atoms with E-state index in [1.54, 1.807) is 6.07 Å². The fourth-order valence-electron chi connectivity index (χ4n) is 1.69. The minimum atomic E-state index is -1.03. The van der Waals surface area contributed by atoms with Crippen LogP contribution in [0.1, 0.15) is 27.6 Å². The van der Waals surface area contributed by atoms with Crippen molar-refractivity contribution in [2.45, 2.75) is 20.0 Å². The Morgan fingerprint density at radius 1 is 1.24 bits per heavy atom. The zero-order chi connectivity index (χ0) is 15.2. The molecule has 0 aromatic carbocycles. The molecule has 0 spiro atoms. The Balaban J connectivity index is 1.81. The number of hydrogen-bond acceptors (Lipinski definition) is 4. The largest absolute Gasteiger partial charge is 0.478 e. The number of aromatic nitrogens is 1. The van der Waals surface area contributed by atoms with Crippen molar-refractivity contribution in [2.24, 2.45) is 0 Å². The second-order valence-electron chi connectivity index (χ2n) is 4.39. The smallest absolute Gasteiger partial charge is 0.335 e. The van der Waals surface area contributed by atoms with Gasteiger partial charge in [-0.25, -0.2) is 9.59 Å². The number of furan rings is 1. The third-order valence-electron chi connectivity index (χ3n) is 2.71. The van der Waals surface area contributed by atoms with Crippen molar-refractivity contribution in [3.63, 3.8) is 0 Å². The van der Waals surface area contributed by atoms with Gasteiger partial charge in [-0.3, -0.25) is 4.98 Å². The number of hydrogen-bond donors (Lipinski definition) is 3. The third-order valence-corrected chi connectivity index (χ3v) is 2.71. The van der Waals surface area contributed by atoms with Gasteiger partial charge in [0.05, 0.1) is 24.3 Å². The number of aryl methyl sites for hydroxylation is 1. The first kappa shape index (κ1) is 14.6. The summed E-state index contributed by atoms with van der Waals surface area (Å²) in [5.74, 6) is 0.409. The van der Waals surface area contributed by atoms with Crippen molar-refractivity contribution in [1.29, 1.82) is 0 Å². The number of amides is 2. The molecule has 2 aromatic heterocycles. The van der Waals surface area contributed by atoms with Crippen molar-refractivity contribution < 1.29 is 19.1 Å². The highest BCUT2D eigenvalue weighted by molar-refractivity contribution is 5.87. The summed E-state index contributed by atoms with van der Waals surface area (Å²) in [6.45, 7) is 2.25. The number of nitrogens with zero attached hydrogens (tertiary/aromatic N) is 1. The number of nitrogens with one attached hydrogen (secondary N) is 2. The molecule has 2 amide bonds. The van der Waals surface area contributed by atoms with Crippen LogP contribution in [0.15, 0.2) is 34.9 Å². The van der Waals surface area contributed by atoms with Crippen molar-refractivity contribution in [1.82, 2.24) is 15.6 Å². The quantitative estimate of drug-likeness (QED) is 0.776. The summed E-state index contributed by atoms with van der Waals surface area (Å²) in [6, 6.07) is 6.03. The van der Waals surface area contributed by atoms with Crippen LogP contribution in [-0.4, -0.2) is 22.1 Å². The van der Waals surface area contributed by atoms with Crippen LogP contribution in [0.2, 0.25) is 0 Å². The average molecular weight is 289 g/mol. The van der Waals surface area contributed by atoms with Crippen molar-refractivity contribution in [3.8, 4) is 0 Å². The Morgan fingerprint density at radius 2 is 2.00 bits per heavy atom. The van der Waals surface area contributed by atoms with Gasteiger partial charge < -0.3 is 20.2 Å². The van der Waals surface area contributed by atoms with Crippen LogP contribution in [0.25, 0.3) is 0 Å². The number of pyridine rings is 1. The van der Waals surface area contributed by atoms with Gasteiger partial charge in [-0.15, -0.1) is 0 Å². The van der Waals surface area contributed by atoms with Crippen molar-refractivity contribution in [3.05, 3.63) is 53.2 Å². The molecule has 0 aliphatic heterocycles. The normalized spacial score (nSPS) is 10.1. The van der Waals surface area contributed by atoms with Gasteiger partial charge in [0.15, 0.2) is 0 Å². The highest BCUT2D eigenvalue weighted by atomic mass is 16.4. The maximum atomic E-state index is 11.6. The maximum Gasteiger partial charge on any atom is 0.335 e. The summed E-state index contributed by atoms with van der Waals surface area (Å²) in [6.07, 6.45) is 1.39.